The van der Waals surface area contributed by atoms with Crippen LogP contribution in [0, 0.1) is 11.2 Å². The zero-order chi connectivity index (χ0) is 25.5. The van der Waals surface area contributed by atoms with E-state index in [4.69, 9.17) is 0 Å². The lowest BCUT2D eigenvalue weighted by Gasteiger charge is -2.32. The summed E-state index contributed by atoms with van der Waals surface area (Å²) in [6, 6.07) is 11.0. The van der Waals surface area contributed by atoms with Gasteiger partial charge in [0.05, 0.1) is 19.8 Å². The van der Waals surface area contributed by atoms with Crippen LogP contribution in [0.4, 0.5) is 15.9 Å². The second kappa shape index (κ2) is 9.24. The Morgan fingerprint density at radius 2 is 1.94 bits per heavy atom. The molecule has 2 heterocycles. The molecular formula is C27H32FN7. The standard InChI is InChI=1S/C27H32FN7/c1-5-34(22-11-8-19-15-30-32-26(23(19)14-22)29-17-27(2,3)4)25(18-6-9-20(28)10-7-18)24-16-35(33-31-24)21-12-13-21/h6-11,14-16,21,25H,5,12-13,17H2,1-4H3,(H,29,32)/t25-/m1/s1/i25D. The van der Waals surface area contributed by atoms with Gasteiger partial charge in [0, 0.05) is 29.5 Å². The molecule has 1 atom stereocenters. The van der Waals surface area contributed by atoms with Crippen molar-refractivity contribution in [3.05, 3.63) is 71.9 Å². The molecule has 2 aromatic heterocycles. The highest BCUT2D eigenvalue weighted by Crippen LogP contribution is 2.37. The molecule has 35 heavy (non-hydrogen) atoms. The Labute approximate surface area is 206 Å². The van der Waals surface area contributed by atoms with Crippen LogP contribution in [0.2, 0.25) is 0 Å². The summed E-state index contributed by atoms with van der Waals surface area (Å²) in [6.45, 7) is 9.75. The molecule has 0 radical (unpaired) electrons. The third-order valence-corrected chi connectivity index (χ3v) is 6.12. The second-order valence-electron chi connectivity index (χ2n) is 10.3. The van der Waals surface area contributed by atoms with Gasteiger partial charge in [0.2, 0.25) is 0 Å². The zero-order valence-corrected chi connectivity index (χ0v) is 20.7. The van der Waals surface area contributed by atoms with Gasteiger partial charge in [0.25, 0.3) is 0 Å². The molecule has 2 aromatic carbocycles. The molecule has 1 saturated carbocycles. The molecule has 1 N–H and O–H groups in total. The Morgan fingerprint density at radius 3 is 2.63 bits per heavy atom. The first-order chi connectivity index (χ1) is 17.2. The molecule has 0 bridgehead atoms. The third kappa shape index (κ3) is 5.11. The van der Waals surface area contributed by atoms with Gasteiger partial charge in [0.15, 0.2) is 5.82 Å². The van der Waals surface area contributed by atoms with E-state index in [-0.39, 0.29) is 11.2 Å². The van der Waals surface area contributed by atoms with E-state index in [0.717, 1.165) is 35.8 Å². The molecule has 0 unspecified atom stereocenters. The van der Waals surface area contributed by atoms with Gasteiger partial charge in [-0.15, -0.1) is 10.2 Å². The van der Waals surface area contributed by atoms with E-state index in [9.17, 15) is 5.76 Å². The first-order valence-corrected chi connectivity index (χ1v) is 12.1. The minimum atomic E-state index is -1.41. The fraction of sp³-hybridized carbons (Fsp3) is 0.407. The van der Waals surface area contributed by atoms with Crippen molar-refractivity contribution in [1.82, 2.24) is 25.2 Å². The van der Waals surface area contributed by atoms with Crippen LogP contribution in [0.25, 0.3) is 10.8 Å². The number of anilines is 2. The van der Waals surface area contributed by atoms with E-state index in [1.165, 1.54) is 12.1 Å². The highest BCUT2D eigenvalue weighted by molar-refractivity contribution is 5.93. The average Bonchev–Trinajstić information content (AvgIpc) is 3.58. The fourth-order valence-corrected chi connectivity index (χ4v) is 4.13. The van der Waals surface area contributed by atoms with Crippen molar-refractivity contribution < 1.29 is 5.76 Å². The lowest BCUT2D eigenvalue weighted by Crippen LogP contribution is -2.29. The lowest BCUT2D eigenvalue weighted by atomic mass is 9.97. The molecule has 5 rings (SSSR count). The van der Waals surface area contributed by atoms with E-state index < -0.39 is 6.02 Å². The summed E-state index contributed by atoms with van der Waals surface area (Å²) in [5, 5.41) is 22.6. The molecular weight excluding hydrogens is 441 g/mol. The minimum absolute atomic E-state index is 0.0726. The summed E-state index contributed by atoms with van der Waals surface area (Å²) >= 11 is 0. The topological polar surface area (TPSA) is 71.8 Å². The molecule has 4 aromatic rings. The lowest BCUT2D eigenvalue weighted by molar-refractivity contribution is 0.442. The van der Waals surface area contributed by atoms with Gasteiger partial charge in [0.1, 0.15) is 17.5 Å². The predicted molar refractivity (Wildman–Crippen MR) is 137 cm³/mol. The number of fused-ring (bicyclic) bond motifs is 1. The fourth-order valence-electron chi connectivity index (χ4n) is 4.13. The van der Waals surface area contributed by atoms with Gasteiger partial charge in [-0.25, -0.2) is 9.07 Å². The summed E-state index contributed by atoms with van der Waals surface area (Å²) in [6.07, 6.45) is 5.74. The Balaban J connectivity index is 1.62. The number of benzene rings is 2. The monoisotopic (exact) mass is 474 g/mol. The zero-order valence-electron chi connectivity index (χ0n) is 21.7. The number of aromatic nitrogens is 5. The maximum absolute atomic E-state index is 13.9. The Hall–Kier alpha value is -3.55. The highest BCUT2D eigenvalue weighted by atomic mass is 19.1. The average molecular weight is 475 g/mol. The molecule has 182 valence electrons. The van der Waals surface area contributed by atoms with E-state index in [0.29, 0.717) is 29.7 Å². The summed E-state index contributed by atoms with van der Waals surface area (Å²) in [5.74, 6) is 0.363. The van der Waals surface area contributed by atoms with Crippen LogP contribution in [0.15, 0.2) is 54.9 Å². The molecule has 7 nitrogen and oxygen atoms in total. The number of hydrogen-bond donors (Lipinski definition) is 1. The van der Waals surface area contributed by atoms with Crippen molar-refractivity contribution in [1.29, 1.82) is 0 Å². The van der Waals surface area contributed by atoms with Crippen molar-refractivity contribution in [2.45, 2.75) is 52.6 Å². The van der Waals surface area contributed by atoms with Crippen LogP contribution in [0.1, 0.15) is 65.2 Å². The minimum Gasteiger partial charge on any atom is -0.368 e. The van der Waals surface area contributed by atoms with Gasteiger partial charge in [-0.1, -0.05) is 44.2 Å². The highest BCUT2D eigenvalue weighted by Gasteiger charge is 2.29. The van der Waals surface area contributed by atoms with Gasteiger partial charge < -0.3 is 10.2 Å². The van der Waals surface area contributed by atoms with Crippen molar-refractivity contribution in [2.24, 2.45) is 5.41 Å². The predicted octanol–water partition coefficient (Wildman–Crippen LogP) is 5.77. The van der Waals surface area contributed by atoms with E-state index in [1.807, 2.05) is 40.9 Å². The first kappa shape index (κ1) is 21.9. The third-order valence-electron chi connectivity index (χ3n) is 6.12. The van der Waals surface area contributed by atoms with E-state index in [2.05, 4.69) is 46.6 Å². The first-order valence-electron chi connectivity index (χ1n) is 12.6. The van der Waals surface area contributed by atoms with Crippen LogP contribution in [0.3, 0.4) is 0 Å². The van der Waals surface area contributed by atoms with E-state index >= 15 is 0 Å². The van der Waals surface area contributed by atoms with Crippen LogP contribution in [-0.4, -0.2) is 38.3 Å². The Bertz CT molecular complexity index is 1360. The van der Waals surface area contributed by atoms with Gasteiger partial charge in [-0.3, -0.25) is 0 Å². The summed E-state index contributed by atoms with van der Waals surface area (Å²) < 4.78 is 25.5. The molecule has 8 heteroatoms. The smallest absolute Gasteiger partial charge is 0.156 e. The van der Waals surface area contributed by atoms with E-state index in [1.54, 1.807) is 18.3 Å². The van der Waals surface area contributed by atoms with Gasteiger partial charge in [-0.05, 0) is 55.0 Å². The van der Waals surface area contributed by atoms with Gasteiger partial charge >= 0.3 is 0 Å². The summed E-state index contributed by atoms with van der Waals surface area (Å²) in [4.78, 5) is 1.97. The van der Waals surface area contributed by atoms with Crippen LogP contribution >= 0.6 is 0 Å². The summed E-state index contributed by atoms with van der Waals surface area (Å²) in [7, 11) is 0. The molecule has 1 aliphatic rings. The number of nitrogens with zero attached hydrogens (tertiary/aromatic N) is 6. The Kier molecular flexibility index (Phi) is 5.80. The molecule has 1 aliphatic carbocycles. The van der Waals surface area contributed by atoms with Gasteiger partial charge in [-0.2, -0.15) is 5.10 Å². The quantitative estimate of drug-likeness (QED) is 0.350. The number of halogens is 1. The SMILES string of the molecule is [2H][C@@](c1ccc(F)cc1)(c1cn(C2CC2)nn1)N(CC)c1ccc2cnnc(NCC(C)(C)C)c2c1. The largest absolute Gasteiger partial charge is 0.368 e. The van der Waals surface area contributed by atoms with Crippen molar-refractivity contribution in [3.8, 4) is 0 Å². The Morgan fingerprint density at radius 1 is 1.17 bits per heavy atom. The molecule has 1 fully saturated rings. The molecule has 0 amide bonds. The number of hydrogen-bond acceptors (Lipinski definition) is 6. The van der Waals surface area contributed by atoms with Crippen molar-refractivity contribution in [2.75, 3.05) is 23.3 Å². The molecule has 0 aliphatic heterocycles. The summed E-state index contributed by atoms with van der Waals surface area (Å²) in [5.41, 5.74) is 2.02. The normalized spacial score (nSPS) is 16.1. The van der Waals surface area contributed by atoms with Crippen LogP contribution in [0.5, 0.6) is 0 Å². The number of nitrogens with one attached hydrogen (secondary N) is 1. The second-order valence-corrected chi connectivity index (χ2v) is 10.3. The molecule has 0 spiro atoms. The van der Waals surface area contributed by atoms with Crippen LogP contribution < -0.4 is 10.2 Å². The number of rotatable bonds is 8. The van der Waals surface area contributed by atoms with Crippen molar-refractivity contribution >= 4 is 22.3 Å². The maximum Gasteiger partial charge on any atom is 0.156 e. The maximum atomic E-state index is 13.9. The van der Waals surface area contributed by atoms with Crippen molar-refractivity contribution in [3.63, 3.8) is 0 Å². The van der Waals surface area contributed by atoms with Crippen LogP contribution in [-0.2, 0) is 0 Å². The molecule has 0 saturated heterocycles.